The van der Waals surface area contributed by atoms with Gasteiger partial charge in [0, 0.05) is 53.8 Å². The van der Waals surface area contributed by atoms with E-state index in [1.807, 2.05) is 0 Å². The number of carboxylic acids is 1. The Morgan fingerprint density at radius 2 is 1.80 bits per heavy atom. The standard InChI is InChI=1S/C30H40F3N6O6P/c1-29(2,3)45-28(42)35-11-13-44-12-10-34-17-6-7-18(14-17)38-27-37-16-22(30(31,32)33)23(39-27)21-15-36-24-19(21)8-9-20(26(40)41)25(24)46(4,5)43/h8-9,15-18,34,36H,6-7,10-14H2,1-5H3,(H,35,42)(H,40,41)(H,37,38,39)/t17-,18-/m0/s1. The maximum absolute atomic E-state index is 14.1. The summed E-state index contributed by atoms with van der Waals surface area (Å²) in [6, 6.07) is 2.72. The van der Waals surface area contributed by atoms with Gasteiger partial charge in [0.2, 0.25) is 5.95 Å². The van der Waals surface area contributed by atoms with E-state index in [9.17, 15) is 32.4 Å². The summed E-state index contributed by atoms with van der Waals surface area (Å²) in [5.74, 6) is -1.26. The lowest BCUT2D eigenvalue weighted by Crippen LogP contribution is -2.35. The second kappa shape index (κ2) is 14.0. The highest BCUT2D eigenvalue weighted by atomic mass is 31.2. The third-order valence-corrected chi connectivity index (χ3v) is 8.85. The number of halogens is 3. The molecule has 1 aliphatic carbocycles. The first-order valence-corrected chi connectivity index (χ1v) is 17.5. The number of hydrogen-bond donors (Lipinski definition) is 5. The molecule has 0 aliphatic heterocycles. The molecule has 1 aliphatic rings. The number of nitrogens with one attached hydrogen (secondary N) is 4. The molecular formula is C30H40F3N6O6P. The van der Waals surface area contributed by atoms with Gasteiger partial charge in [-0.15, -0.1) is 0 Å². The van der Waals surface area contributed by atoms with Crippen LogP contribution in [0, 0.1) is 0 Å². The van der Waals surface area contributed by atoms with Gasteiger partial charge < -0.3 is 40.1 Å². The average Bonchev–Trinajstić information content (AvgIpc) is 3.56. The van der Waals surface area contributed by atoms with Crippen molar-refractivity contribution in [2.45, 2.75) is 63.9 Å². The van der Waals surface area contributed by atoms with Crippen molar-refractivity contribution in [2.75, 3.05) is 44.9 Å². The van der Waals surface area contributed by atoms with Crippen molar-refractivity contribution in [3.8, 4) is 11.3 Å². The van der Waals surface area contributed by atoms with Crippen LogP contribution >= 0.6 is 7.14 Å². The van der Waals surface area contributed by atoms with Crippen LogP contribution in [0.1, 0.15) is 56.0 Å². The molecule has 2 heterocycles. The molecule has 1 saturated carbocycles. The highest BCUT2D eigenvalue weighted by Crippen LogP contribution is 2.43. The number of aromatic amines is 1. The molecule has 1 aromatic carbocycles. The first-order chi connectivity index (χ1) is 21.4. The lowest BCUT2D eigenvalue weighted by Gasteiger charge is -2.19. The lowest BCUT2D eigenvalue weighted by atomic mass is 10.0. The molecule has 2 aromatic heterocycles. The van der Waals surface area contributed by atoms with E-state index in [0.717, 1.165) is 19.0 Å². The number of carbonyl (C=O) groups excluding carboxylic acids is 1. The van der Waals surface area contributed by atoms with Gasteiger partial charge in [0.15, 0.2) is 0 Å². The number of carboxylic acid groups (broad SMARTS) is 1. The van der Waals surface area contributed by atoms with Gasteiger partial charge in [0.25, 0.3) is 0 Å². The molecule has 252 valence electrons. The van der Waals surface area contributed by atoms with E-state index >= 15 is 0 Å². The van der Waals surface area contributed by atoms with Crippen molar-refractivity contribution in [1.29, 1.82) is 0 Å². The largest absolute Gasteiger partial charge is 0.478 e. The minimum atomic E-state index is -4.76. The fraction of sp³-hybridized carbons (Fsp3) is 0.533. The molecule has 0 unspecified atom stereocenters. The summed E-state index contributed by atoms with van der Waals surface area (Å²) in [6.07, 6.45) is -0.940. The molecule has 4 rings (SSSR count). The van der Waals surface area contributed by atoms with Crippen LogP contribution in [0.25, 0.3) is 22.2 Å². The summed E-state index contributed by atoms with van der Waals surface area (Å²) in [4.78, 5) is 34.6. The number of rotatable bonds is 12. The van der Waals surface area contributed by atoms with E-state index in [-0.39, 0.29) is 51.1 Å². The summed E-state index contributed by atoms with van der Waals surface area (Å²) in [6.45, 7) is 9.83. The predicted octanol–water partition coefficient (Wildman–Crippen LogP) is 5.05. The number of alkyl carbamates (subject to hydrolysis) is 1. The molecular weight excluding hydrogens is 628 g/mol. The molecule has 1 amide bonds. The molecule has 2 atom stereocenters. The molecule has 0 saturated heterocycles. The number of fused-ring (bicyclic) bond motifs is 1. The number of H-pyrrole nitrogens is 1. The van der Waals surface area contributed by atoms with Crippen LogP contribution in [0.4, 0.5) is 23.9 Å². The van der Waals surface area contributed by atoms with E-state index in [1.54, 1.807) is 20.8 Å². The van der Waals surface area contributed by atoms with E-state index in [4.69, 9.17) is 9.47 Å². The maximum atomic E-state index is 14.1. The van der Waals surface area contributed by atoms with Gasteiger partial charge in [-0.3, -0.25) is 0 Å². The minimum absolute atomic E-state index is 0.0304. The Kier molecular flexibility index (Phi) is 10.7. The Morgan fingerprint density at radius 1 is 1.11 bits per heavy atom. The molecule has 0 bridgehead atoms. The number of benzene rings is 1. The Balaban J connectivity index is 1.40. The number of nitrogens with zero attached hydrogens (tertiary/aromatic N) is 2. The summed E-state index contributed by atoms with van der Waals surface area (Å²) in [5, 5.41) is 19.2. The fourth-order valence-electron chi connectivity index (χ4n) is 5.43. The van der Waals surface area contributed by atoms with Crippen LogP contribution in [0.15, 0.2) is 24.5 Å². The topological polar surface area (TPSA) is 168 Å². The molecule has 0 spiro atoms. The van der Waals surface area contributed by atoms with Crippen LogP contribution in [0.5, 0.6) is 0 Å². The first kappa shape index (κ1) is 35.2. The molecule has 5 N–H and O–H groups in total. The zero-order valence-electron chi connectivity index (χ0n) is 26.4. The molecule has 12 nitrogen and oxygen atoms in total. The van der Waals surface area contributed by atoms with E-state index in [0.29, 0.717) is 32.7 Å². The van der Waals surface area contributed by atoms with E-state index in [2.05, 4.69) is 30.9 Å². The van der Waals surface area contributed by atoms with Crippen LogP contribution in [0.2, 0.25) is 0 Å². The molecule has 0 radical (unpaired) electrons. The van der Waals surface area contributed by atoms with E-state index in [1.165, 1.54) is 31.7 Å². The number of aromatic nitrogens is 3. The number of alkyl halides is 3. The molecule has 46 heavy (non-hydrogen) atoms. The van der Waals surface area contributed by atoms with Gasteiger partial charge in [0.05, 0.1) is 30.0 Å². The van der Waals surface area contributed by atoms with Gasteiger partial charge in [-0.2, -0.15) is 13.2 Å². The highest BCUT2D eigenvalue weighted by molar-refractivity contribution is 7.70. The van der Waals surface area contributed by atoms with Crippen molar-refractivity contribution >= 4 is 41.4 Å². The van der Waals surface area contributed by atoms with Crippen LogP contribution in [-0.4, -0.2) is 89.4 Å². The molecule has 3 aromatic rings. The number of anilines is 1. The molecule has 1 fully saturated rings. The van der Waals surface area contributed by atoms with Gasteiger partial charge >= 0.3 is 18.2 Å². The van der Waals surface area contributed by atoms with E-state index < -0.39 is 36.5 Å². The summed E-state index contributed by atoms with van der Waals surface area (Å²) >= 11 is 0. The highest BCUT2D eigenvalue weighted by Gasteiger charge is 2.37. The monoisotopic (exact) mass is 668 g/mol. The smallest absolute Gasteiger partial charge is 0.419 e. The number of ether oxygens (including phenoxy) is 2. The normalized spacial score (nSPS) is 17.3. The number of hydrogen-bond acceptors (Lipinski definition) is 9. The number of amides is 1. The fourth-order valence-corrected chi connectivity index (χ4v) is 6.91. The van der Waals surface area contributed by atoms with Gasteiger partial charge in [-0.1, -0.05) is 6.07 Å². The van der Waals surface area contributed by atoms with Crippen molar-refractivity contribution in [3.63, 3.8) is 0 Å². The van der Waals surface area contributed by atoms with Crippen molar-refractivity contribution in [1.82, 2.24) is 25.6 Å². The van der Waals surface area contributed by atoms with Crippen molar-refractivity contribution in [2.24, 2.45) is 0 Å². The minimum Gasteiger partial charge on any atom is -0.478 e. The van der Waals surface area contributed by atoms with Crippen molar-refractivity contribution < 1.29 is 41.9 Å². The van der Waals surface area contributed by atoms with Crippen molar-refractivity contribution in [3.05, 3.63) is 35.7 Å². The van der Waals surface area contributed by atoms with Crippen LogP contribution in [0.3, 0.4) is 0 Å². The lowest BCUT2D eigenvalue weighted by molar-refractivity contribution is -0.137. The zero-order valence-corrected chi connectivity index (χ0v) is 27.3. The Labute approximate surface area is 264 Å². The zero-order chi connectivity index (χ0) is 33.9. The third-order valence-electron chi connectivity index (χ3n) is 7.31. The third kappa shape index (κ3) is 8.98. The van der Waals surface area contributed by atoms with Crippen LogP contribution in [-0.2, 0) is 20.2 Å². The predicted molar refractivity (Wildman–Crippen MR) is 168 cm³/mol. The first-order valence-electron chi connectivity index (χ1n) is 14.9. The summed E-state index contributed by atoms with van der Waals surface area (Å²) in [5.41, 5.74) is -1.89. The Hall–Kier alpha value is -3.68. The number of aromatic carboxylic acids is 1. The van der Waals surface area contributed by atoms with Gasteiger partial charge in [0.1, 0.15) is 18.3 Å². The average molecular weight is 669 g/mol. The Bertz CT molecular complexity index is 1620. The number of carbonyl (C=O) groups is 2. The quantitative estimate of drug-likeness (QED) is 0.130. The second-order valence-corrected chi connectivity index (χ2v) is 15.7. The SMILES string of the molecule is CC(C)(C)OC(=O)NCCOCCN[C@H]1CC[C@H](Nc2ncc(C(F)(F)F)c(-c3c[nH]c4c(P(C)(C)=O)c(C(=O)O)ccc34)n2)C1. The van der Waals surface area contributed by atoms with Gasteiger partial charge in [-0.05, 0) is 59.4 Å². The summed E-state index contributed by atoms with van der Waals surface area (Å²) < 4.78 is 66.1. The molecule has 16 heteroatoms. The summed E-state index contributed by atoms with van der Waals surface area (Å²) in [7, 11) is -3.15. The second-order valence-electron chi connectivity index (χ2n) is 12.5. The Morgan fingerprint density at radius 3 is 2.46 bits per heavy atom. The van der Waals surface area contributed by atoms with Gasteiger partial charge in [-0.25, -0.2) is 19.6 Å². The van der Waals surface area contributed by atoms with Crippen LogP contribution < -0.4 is 21.3 Å². The maximum Gasteiger partial charge on any atom is 0.419 e.